The van der Waals surface area contributed by atoms with Gasteiger partial charge in [-0.05, 0) is 11.1 Å². The third-order valence-electron chi connectivity index (χ3n) is 3.86. The van der Waals surface area contributed by atoms with E-state index in [9.17, 15) is 9.90 Å². The molecule has 23 heavy (non-hydrogen) atoms. The summed E-state index contributed by atoms with van der Waals surface area (Å²) in [7, 11) is 1.58. The van der Waals surface area contributed by atoms with E-state index in [1.54, 1.807) is 7.05 Å². The molecule has 5 nitrogen and oxygen atoms in total. The lowest BCUT2D eigenvalue weighted by Crippen LogP contribution is -2.46. The molecule has 0 heterocycles. The molecule has 2 rings (SSSR count). The van der Waals surface area contributed by atoms with E-state index in [4.69, 9.17) is 10.8 Å². The van der Waals surface area contributed by atoms with Gasteiger partial charge in [0.25, 0.3) is 0 Å². The first-order valence-corrected chi connectivity index (χ1v) is 7.47. The first kappa shape index (κ1) is 17.1. The second kappa shape index (κ2) is 7.87. The minimum Gasteiger partial charge on any atom is -0.394 e. The monoisotopic (exact) mass is 314 g/mol. The first-order valence-electron chi connectivity index (χ1n) is 7.47. The van der Waals surface area contributed by atoms with Crippen LogP contribution in [-0.2, 0) is 4.79 Å². The van der Waals surface area contributed by atoms with Crippen molar-refractivity contribution >= 4 is 5.91 Å². The standard InChI is InChI=1S/C18H22N2O3/c1-20(18(23)15(19)12-21)16(13-8-4-2-5-9-13)17(22)14-10-6-3-7-11-14/h2-11,15-17,21-22H,12,19H2,1H3. The molecular weight excluding hydrogens is 292 g/mol. The molecule has 0 bridgehead atoms. The number of nitrogens with two attached hydrogens (primary N) is 1. The van der Waals surface area contributed by atoms with Crippen LogP contribution < -0.4 is 5.73 Å². The number of hydrogen-bond donors (Lipinski definition) is 3. The maximum Gasteiger partial charge on any atom is 0.242 e. The van der Waals surface area contributed by atoms with Crippen LogP contribution in [0.25, 0.3) is 0 Å². The van der Waals surface area contributed by atoms with Gasteiger partial charge in [-0.2, -0.15) is 0 Å². The number of carbonyl (C=O) groups is 1. The van der Waals surface area contributed by atoms with E-state index < -0.39 is 30.7 Å². The predicted molar refractivity (Wildman–Crippen MR) is 88.4 cm³/mol. The smallest absolute Gasteiger partial charge is 0.242 e. The highest BCUT2D eigenvalue weighted by Crippen LogP contribution is 2.33. The predicted octanol–water partition coefficient (Wildman–Crippen LogP) is 1.24. The first-order chi connectivity index (χ1) is 11.1. The van der Waals surface area contributed by atoms with Crippen molar-refractivity contribution < 1.29 is 15.0 Å². The Morgan fingerprint density at radius 3 is 2.00 bits per heavy atom. The molecule has 0 saturated carbocycles. The summed E-state index contributed by atoms with van der Waals surface area (Å²) in [5, 5.41) is 19.9. The lowest BCUT2D eigenvalue weighted by Gasteiger charge is -2.34. The van der Waals surface area contributed by atoms with Gasteiger partial charge in [0, 0.05) is 7.05 Å². The number of aliphatic hydroxyl groups excluding tert-OH is 2. The van der Waals surface area contributed by atoms with Crippen LogP contribution in [-0.4, -0.2) is 40.7 Å². The summed E-state index contributed by atoms with van der Waals surface area (Å²) in [4.78, 5) is 13.8. The van der Waals surface area contributed by atoms with Gasteiger partial charge in [0.2, 0.25) is 5.91 Å². The van der Waals surface area contributed by atoms with Gasteiger partial charge >= 0.3 is 0 Å². The molecule has 122 valence electrons. The van der Waals surface area contributed by atoms with Crippen molar-refractivity contribution in [3.05, 3.63) is 71.8 Å². The fraction of sp³-hybridized carbons (Fsp3) is 0.278. The molecule has 0 aliphatic heterocycles. The van der Waals surface area contributed by atoms with Gasteiger partial charge in [-0.1, -0.05) is 60.7 Å². The van der Waals surface area contributed by atoms with E-state index in [2.05, 4.69) is 0 Å². The summed E-state index contributed by atoms with van der Waals surface area (Å²) in [5.74, 6) is -0.420. The molecule has 0 fully saturated rings. The summed E-state index contributed by atoms with van der Waals surface area (Å²) < 4.78 is 0. The molecule has 5 heteroatoms. The van der Waals surface area contributed by atoms with Gasteiger partial charge in [-0.3, -0.25) is 4.79 Å². The van der Waals surface area contributed by atoms with Crippen molar-refractivity contribution in [2.24, 2.45) is 5.73 Å². The molecule has 4 N–H and O–H groups in total. The third kappa shape index (κ3) is 3.96. The molecule has 0 saturated heterocycles. The van der Waals surface area contributed by atoms with Gasteiger partial charge in [-0.25, -0.2) is 0 Å². The zero-order valence-corrected chi connectivity index (χ0v) is 13.0. The molecule has 0 spiro atoms. The Labute approximate surface area is 136 Å². The minimum atomic E-state index is -1.01. The van der Waals surface area contributed by atoms with Gasteiger partial charge in [-0.15, -0.1) is 0 Å². The van der Waals surface area contributed by atoms with Crippen LogP contribution in [0.1, 0.15) is 23.3 Å². The molecule has 0 aliphatic rings. The highest BCUT2D eigenvalue weighted by atomic mass is 16.3. The average molecular weight is 314 g/mol. The van der Waals surface area contributed by atoms with Crippen LogP contribution >= 0.6 is 0 Å². The quantitative estimate of drug-likeness (QED) is 0.749. The van der Waals surface area contributed by atoms with E-state index in [0.717, 1.165) is 5.56 Å². The van der Waals surface area contributed by atoms with Gasteiger partial charge in [0.05, 0.1) is 12.6 Å². The Hall–Kier alpha value is -2.21. The molecule has 2 aromatic rings. The van der Waals surface area contributed by atoms with Gasteiger partial charge < -0.3 is 20.8 Å². The Morgan fingerprint density at radius 2 is 1.52 bits per heavy atom. The maximum atomic E-state index is 12.4. The molecule has 0 radical (unpaired) electrons. The number of hydrogen-bond acceptors (Lipinski definition) is 4. The molecule has 0 aliphatic carbocycles. The summed E-state index contributed by atoms with van der Waals surface area (Å²) in [6.07, 6.45) is -0.904. The molecule has 0 aromatic heterocycles. The number of aliphatic hydroxyl groups is 2. The summed E-state index contributed by atoms with van der Waals surface area (Å²) in [6.45, 7) is -0.438. The van der Waals surface area contributed by atoms with Crippen LogP contribution in [0.4, 0.5) is 0 Å². The van der Waals surface area contributed by atoms with Crippen molar-refractivity contribution in [1.82, 2.24) is 4.90 Å². The zero-order valence-electron chi connectivity index (χ0n) is 13.0. The van der Waals surface area contributed by atoms with Gasteiger partial charge in [0.1, 0.15) is 12.1 Å². The number of benzene rings is 2. The number of carbonyl (C=O) groups excluding carboxylic acids is 1. The number of amides is 1. The van der Waals surface area contributed by atoms with Crippen LogP contribution in [0, 0.1) is 0 Å². The summed E-state index contributed by atoms with van der Waals surface area (Å²) >= 11 is 0. The minimum absolute atomic E-state index is 0.420. The Kier molecular flexibility index (Phi) is 5.87. The lowest BCUT2D eigenvalue weighted by atomic mass is 9.94. The van der Waals surface area contributed by atoms with E-state index in [1.165, 1.54) is 4.90 Å². The largest absolute Gasteiger partial charge is 0.394 e. The van der Waals surface area contributed by atoms with Crippen LogP contribution in [0.5, 0.6) is 0 Å². The average Bonchev–Trinajstić information content (AvgIpc) is 2.62. The fourth-order valence-corrected chi connectivity index (χ4v) is 2.58. The number of rotatable bonds is 6. The van der Waals surface area contributed by atoms with Crippen molar-refractivity contribution in [2.75, 3.05) is 13.7 Å². The molecule has 2 aromatic carbocycles. The van der Waals surface area contributed by atoms with Crippen molar-refractivity contribution in [3.63, 3.8) is 0 Å². The van der Waals surface area contributed by atoms with E-state index >= 15 is 0 Å². The SMILES string of the molecule is CN(C(=O)C(N)CO)C(c1ccccc1)C(O)c1ccccc1. The van der Waals surface area contributed by atoms with E-state index in [0.29, 0.717) is 5.56 Å². The number of likely N-dealkylation sites (N-methyl/N-ethyl adjacent to an activating group) is 1. The van der Waals surface area contributed by atoms with Crippen LogP contribution in [0.2, 0.25) is 0 Å². The normalized spacial score (nSPS) is 14.8. The molecule has 1 amide bonds. The summed E-state index contributed by atoms with van der Waals surface area (Å²) in [5.41, 5.74) is 7.15. The Balaban J connectivity index is 2.38. The fourth-order valence-electron chi connectivity index (χ4n) is 2.58. The van der Waals surface area contributed by atoms with Crippen LogP contribution in [0.15, 0.2) is 60.7 Å². The molecule has 3 atom stereocenters. The second-order valence-electron chi connectivity index (χ2n) is 5.45. The molecule has 3 unspecified atom stereocenters. The zero-order chi connectivity index (χ0) is 16.8. The van der Waals surface area contributed by atoms with Gasteiger partial charge in [0.15, 0.2) is 0 Å². The van der Waals surface area contributed by atoms with Crippen molar-refractivity contribution in [3.8, 4) is 0 Å². The number of nitrogens with zero attached hydrogens (tertiary/aromatic N) is 1. The highest BCUT2D eigenvalue weighted by Gasteiger charge is 2.31. The van der Waals surface area contributed by atoms with Crippen LogP contribution in [0.3, 0.4) is 0 Å². The maximum absolute atomic E-state index is 12.4. The topological polar surface area (TPSA) is 86.8 Å². The lowest BCUT2D eigenvalue weighted by molar-refractivity contribution is -0.137. The summed E-state index contributed by atoms with van der Waals surface area (Å²) in [6, 6.07) is 16.8. The van der Waals surface area contributed by atoms with E-state index in [-0.39, 0.29) is 0 Å². The Bertz CT molecular complexity index is 619. The molecular formula is C18H22N2O3. The van der Waals surface area contributed by atoms with Crippen molar-refractivity contribution in [2.45, 2.75) is 18.2 Å². The third-order valence-corrected chi connectivity index (χ3v) is 3.86. The highest BCUT2D eigenvalue weighted by molar-refractivity contribution is 5.82. The van der Waals surface area contributed by atoms with Crippen molar-refractivity contribution in [1.29, 1.82) is 0 Å². The van der Waals surface area contributed by atoms with E-state index in [1.807, 2.05) is 60.7 Å². The second-order valence-corrected chi connectivity index (χ2v) is 5.45. The Morgan fingerprint density at radius 1 is 1.04 bits per heavy atom.